The number of benzene rings is 1. The summed E-state index contributed by atoms with van der Waals surface area (Å²) in [6.45, 7) is 3.89. The highest BCUT2D eigenvalue weighted by molar-refractivity contribution is 5.91. The molecule has 1 aromatic carbocycles. The van der Waals surface area contributed by atoms with Crippen molar-refractivity contribution in [3.63, 3.8) is 0 Å². The highest BCUT2D eigenvalue weighted by Gasteiger charge is 2.26. The Hall–Kier alpha value is -3.09. The molecule has 128 valence electrons. The molecule has 4 rings (SSSR count). The summed E-state index contributed by atoms with van der Waals surface area (Å²) in [5.41, 5.74) is 1.34. The van der Waals surface area contributed by atoms with E-state index in [9.17, 15) is 9.59 Å². The Labute approximate surface area is 143 Å². The summed E-state index contributed by atoms with van der Waals surface area (Å²) >= 11 is 0. The molecule has 25 heavy (non-hydrogen) atoms. The second-order valence-electron chi connectivity index (χ2n) is 6.01. The van der Waals surface area contributed by atoms with E-state index in [4.69, 9.17) is 8.83 Å². The first-order chi connectivity index (χ1) is 12.1. The fourth-order valence-electron chi connectivity index (χ4n) is 2.96. The molecule has 7 heteroatoms. The van der Waals surface area contributed by atoms with Crippen LogP contribution in [0.1, 0.15) is 16.3 Å². The van der Waals surface area contributed by atoms with E-state index in [0.717, 1.165) is 11.1 Å². The Morgan fingerprint density at radius 1 is 1.08 bits per heavy atom. The van der Waals surface area contributed by atoms with Crippen molar-refractivity contribution in [3.8, 4) is 0 Å². The number of anilines is 1. The van der Waals surface area contributed by atoms with Crippen molar-refractivity contribution < 1.29 is 13.6 Å². The summed E-state index contributed by atoms with van der Waals surface area (Å²) in [6.07, 6.45) is 0. The number of piperazine rings is 1. The number of fused-ring (bicyclic) bond motifs is 1. The molecule has 1 saturated heterocycles. The third kappa shape index (κ3) is 3.00. The topological polar surface area (TPSA) is 79.8 Å². The lowest BCUT2D eigenvalue weighted by Gasteiger charge is -2.33. The number of aromatic nitrogens is 1. The van der Waals surface area contributed by atoms with Crippen LogP contribution in [0.2, 0.25) is 0 Å². The standard InChI is InChI=1S/C18H17N3O4/c1-12-10-13(22)11-16(24-12)17(23)20-6-8-21(9-7-20)18-19-14-4-2-3-5-15(14)25-18/h2-5,10-11H,6-9H2,1H3. The Kier molecular flexibility index (Phi) is 3.76. The minimum absolute atomic E-state index is 0.0836. The maximum Gasteiger partial charge on any atom is 0.298 e. The minimum Gasteiger partial charge on any atom is -0.456 e. The van der Waals surface area contributed by atoms with Crippen LogP contribution in [0.5, 0.6) is 0 Å². The second kappa shape index (κ2) is 6.08. The molecule has 0 radical (unpaired) electrons. The number of oxazole rings is 1. The van der Waals surface area contributed by atoms with Crippen LogP contribution in [0.25, 0.3) is 11.1 Å². The third-order valence-electron chi connectivity index (χ3n) is 4.22. The van der Waals surface area contributed by atoms with Gasteiger partial charge in [-0.1, -0.05) is 12.1 Å². The van der Waals surface area contributed by atoms with E-state index < -0.39 is 0 Å². The fraction of sp³-hybridized carbons (Fsp3) is 0.278. The lowest BCUT2D eigenvalue weighted by atomic mass is 10.2. The van der Waals surface area contributed by atoms with Gasteiger partial charge in [0.1, 0.15) is 11.3 Å². The maximum absolute atomic E-state index is 12.5. The maximum atomic E-state index is 12.5. The van der Waals surface area contributed by atoms with Crippen molar-refractivity contribution in [2.75, 3.05) is 31.1 Å². The molecule has 1 amide bonds. The van der Waals surface area contributed by atoms with Crippen LogP contribution in [-0.2, 0) is 0 Å². The van der Waals surface area contributed by atoms with Gasteiger partial charge in [-0.15, -0.1) is 0 Å². The molecule has 0 spiro atoms. The molecule has 7 nitrogen and oxygen atoms in total. The largest absolute Gasteiger partial charge is 0.456 e. The SMILES string of the molecule is Cc1cc(=O)cc(C(=O)N2CCN(c3nc4ccccc4o3)CC2)o1. The molecule has 3 heterocycles. The van der Waals surface area contributed by atoms with Gasteiger partial charge in [-0.25, -0.2) is 0 Å². The van der Waals surface area contributed by atoms with E-state index in [-0.39, 0.29) is 17.1 Å². The molecular formula is C18H17N3O4. The van der Waals surface area contributed by atoms with Crippen LogP contribution in [-0.4, -0.2) is 42.0 Å². The van der Waals surface area contributed by atoms with E-state index >= 15 is 0 Å². The zero-order chi connectivity index (χ0) is 17.4. The van der Waals surface area contributed by atoms with Crippen molar-refractivity contribution in [2.24, 2.45) is 0 Å². The van der Waals surface area contributed by atoms with Crippen LogP contribution < -0.4 is 10.3 Å². The number of amides is 1. The van der Waals surface area contributed by atoms with Gasteiger partial charge in [0.05, 0.1) is 0 Å². The van der Waals surface area contributed by atoms with Gasteiger partial charge in [-0.3, -0.25) is 9.59 Å². The smallest absolute Gasteiger partial charge is 0.298 e. The molecule has 1 aliphatic heterocycles. The number of aryl methyl sites for hydroxylation is 1. The van der Waals surface area contributed by atoms with E-state index in [1.54, 1.807) is 11.8 Å². The van der Waals surface area contributed by atoms with Gasteiger partial charge >= 0.3 is 0 Å². The number of carbonyl (C=O) groups is 1. The van der Waals surface area contributed by atoms with Gasteiger partial charge in [-0.2, -0.15) is 4.98 Å². The quantitative estimate of drug-likeness (QED) is 0.711. The molecule has 0 N–H and O–H groups in total. The van der Waals surface area contributed by atoms with Gasteiger partial charge < -0.3 is 18.6 Å². The number of hydrogen-bond donors (Lipinski definition) is 0. The van der Waals surface area contributed by atoms with Crippen LogP contribution >= 0.6 is 0 Å². The zero-order valence-electron chi connectivity index (χ0n) is 13.8. The Balaban J connectivity index is 1.47. The van der Waals surface area contributed by atoms with E-state index in [1.807, 2.05) is 29.2 Å². The van der Waals surface area contributed by atoms with Crippen molar-refractivity contribution in [1.29, 1.82) is 0 Å². The zero-order valence-corrected chi connectivity index (χ0v) is 13.8. The molecule has 0 aliphatic carbocycles. The first-order valence-corrected chi connectivity index (χ1v) is 8.12. The number of rotatable bonds is 2. The molecule has 0 bridgehead atoms. The molecule has 1 aliphatic rings. The van der Waals surface area contributed by atoms with Gasteiger partial charge in [-0.05, 0) is 19.1 Å². The number of nitrogens with zero attached hydrogens (tertiary/aromatic N) is 3. The summed E-state index contributed by atoms with van der Waals surface area (Å²) in [5.74, 6) is 0.249. The molecule has 0 saturated carbocycles. The third-order valence-corrected chi connectivity index (χ3v) is 4.22. The van der Waals surface area contributed by atoms with Crippen LogP contribution in [0.3, 0.4) is 0 Å². The van der Waals surface area contributed by atoms with E-state index in [1.165, 1.54) is 12.1 Å². The normalized spacial score (nSPS) is 14.9. The van der Waals surface area contributed by atoms with Crippen molar-refractivity contribution in [3.05, 3.63) is 58.1 Å². The predicted molar refractivity (Wildman–Crippen MR) is 91.8 cm³/mol. The van der Waals surface area contributed by atoms with Gasteiger partial charge in [0.2, 0.25) is 0 Å². The van der Waals surface area contributed by atoms with Gasteiger partial charge in [0.15, 0.2) is 16.8 Å². The Morgan fingerprint density at radius 2 is 1.84 bits per heavy atom. The summed E-state index contributed by atoms with van der Waals surface area (Å²) in [7, 11) is 0. The first-order valence-electron chi connectivity index (χ1n) is 8.12. The summed E-state index contributed by atoms with van der Waals surface area (Å²) in [5, 5.41) is 0. The van der Waals surface area contributed by atoms with Crippen molar-refractivity contribution in [2.45, 2.75) is 6.92 Å². The average molecular weight is 339 g/mol. The lowest BCUT2D eigenvalue weighted by Crippen LogP contribution is -2.49. The Morgan fingerprint density at radius 3 is 2.56 bits per heavy atom. The Bertz CT molecular complexity index is 950. The van der Waals surface area contributed by atoms with Crippen LogP contribution in [0, 0.1) is 6.92 Å². The highest BCUT2D eigenvalue weighted by Crippen LogP contribution is 2.22. The van der Waals surface area contributed by atoms with Crippen molar-refractivity contribution in [1.82, 2.24) is 9.88 Å². The van der Waals surface area contributed by atoms with E-state index in [0.29, 0.717) is 38.0 Å². The van der Waals surface area contributed by atoms with Crippen molar-refractivity contribution >= 4 is 23.0 Å². The summed E-state index contributed by atoms with van der Waals surface area (Å²) in [4.78, 5) is 32.3. The number of para-hydroxylation sites is 2. The molecule has 0 unspecified atom stereocenters. The van der Waals surface area contributed by atoms with Crippen LogP contribution in [0.4, 0.5) is 6.01 Å². The molecule has 3 aromatic rings. The fourth-order valence-corrected chi connectivity index (χ4v) is 2.96. The second-order valence-corrected chi connectivity index (χ2v) is 6.01. The van der Waals surface area contributed by atoms with E-state index in [2.05, 4.69) is 4.98 Å². The number of hydrogen-bond acceptors (Lipinski definition) is 6. The van der Waals surface area contributed by atoms with Gasteiger partial charge in [0.25, 0.3) is 11.9 Å². The molecule has 1 fully saturated rings. The van der Waals surface area contributed by atoms with Gasteiger partial charge in [0, 0.05) is 38.3 Å². The monoisotopic (exact) mass is 339 g/mol. The molecular weight excluding hydrogens is 322 g/mol. The summed E-state index contributed by atoms with van der Waals surface area (Å²) in [6, 6.07) is 10.8. The molecule has 0 atom stereocenters. The lowest BCUT2D eigenvalue weighted by molar-refractivity contribution is 0.0708. The predicted octanol–water partition coefficient (Wildman–Crippen LogP) is 2.05. The first kappa shape index (κ1) is 15.4. The average Bonchev–Trinajstić information content (AvgIpc) is 3.04. The molecule has 2 aromatic heterocycles. The highest BCUT2D eigenvalue weighted by atomic mass is 16.4. The summed E-state index contributed by atoms with van der Waals surface area (Å²) < 4.78 is 11.2. The number of carbonyl (C=O) groups excluding carboxylic acids is 1. The van der Waals surface area contributed by atoms with Crippen LogP contribution in [0.15, 0.2) is 50.0 Å². The minimum atomic E-state index is -0.266.